The third-order valence-electron chi connectivity index (χ3n) is 4.20. The molecule has 0 radical (unpaired) electrons. The molecular formula is C15H22F2N2O. The molecule has 0 aliphatic carbocycles. The van der Waals surface area contributed by atoms with E-state index >= 15 is 0 Å². The summed E-state index contributed by atoms with van der Waals surface area (Å²) in [5.74, 6) is -0.380. The first-order valence-electron chi connectivity index (χ1n) is 6.98. The number of methoxy groups -OCH3 is 1. The number of likely N-dealkylation sites (tertiary alicyclic amines) is 1. The molecule has 1 fully saturated rings. The van der Waals surface area contributed by atoms with Crippen molar-refractivity contribution in [3.05, 3.63) is 35.4 Å². The molecule has 0 saturated carbocycles. The summed E-state index contributed by atoms with van der Waals surface area (Å²) in [6.07, 6.45) is 1.07. The number of piperidine rings is 1. The lowest BCUT2D eigenvalue weighted by Crippen LogP contribution is -2.47. The highest BCUT2D eigenvalue weighted by Crippen LogP contribution is 2.29. The van der Waals surface area contributed by atoms with Crippen LogP contribution >= 0.6 is 0 Å². The van der Waals surface area contributed by atoms with Crippen molar-refractivity contribution in [3.63, 3.8) is 0 Å². The van der Waals surface area contributed by atoms with Gasteiger partial charge in [0.15, 0.2) is 0 Å². The van der Waals surface area contributed by atoms with E-state index in [1.165, 1.54) is 6.07 Å². The van der Waals surface area contributed by atoms with E-state index < -0.39 is 11.6 Å². The second-order valence-electron chi connectivity index (χ2n) is 5.45. The van der Waals surface area contributed by atoms with E-state index in [-0.39, 0.29) is 18.7 Å². The molecule has 20 heavy (non-hydrogen) atoms. The molecule has 0 amide bonds. The van der Waals surface area contributed by atoms with E-state index in [4.69, 9.17) is 10.5 Å². The zero-order valence-corrected chi connectivity index (χ0v) is 12.0. The van der Waals surface area contributed by atoms with Gasteiger partial charge in [-0.15, -0.1) is 0 Å². The van der Waals surface area contributed by atoms with Crippen LogP contribution in [0.1, 0.15) is 24.9 Å². The fraction of sp³-hybridized carbons (Fsp3) is 0.600. The monoisotopic (exact) mass is 284 g/mol. The molecule has 3 nitrogen and oxygen atoms in total. The first-order chi connectivity index (χ1) is 9.56. The third-order valence-corrected chi connectivity index (χ3v) is 4.20. The molecule has 1 heterocycles. The van der Waals surface area contributed by atoms with Crippen LogP contribution < -0.4 is 5.73 Å². The number of hydrogen-bond donors (Lipinski definition) is 1. The Morgan fingerprint density at radius 2 is 2.20 bits per heavy atom. The van der Waals surface area contributed by atoms with Crippen molar-refractivity contribution in [2.75, 3.05) is 26.7 Å². The number of ether oxygens (including phenoxy) is 1. The van der Waals surface area contributed by atoms with Crippen LogP contribution in [-0.4, -0.2) is 37.7 Å². The molecule has 112 valence electrons. The van der Waals surface area contributed by atoms with E-state index in [0.717, 1.165) is 25.1 Å². The molecular weight excluding hydrogens is 262 g/mol. The Hall–Kier alpha value is -1.04. The number of halogens is 2. The number of benzene rings is 1. The van der Waals surface area contributed by atoms with E-state index in [0.29, 0.717) is 18.0 Å². The largest absolute Gasteiger partial charge is 0.380 e. The van der Waals surface area contributed by atoms with Gasteiger partial charge in [0, 0.05) is 25.8 Å². The molecule has 1 saturated heterocycles. The molecule has 5 heteroatoms. The normalized spacial score (nSPS) is 25.6. The van der Waals surface area contributed by atoms with Crippen LogP contribution in [0.25, 0.3) is 0 Å². The lowest BCUT2D eigenvalue weighted by molar-refractivity contribution is -0.0187. The van der Waals surface area contributed by atoms with Crippen LogP contribution in [0, 0.1) is 17.6 Å². The summed E-state index contributed by atoms with van der Waals surface area (Å²) in [7, 11) is 1.69. The maximum atomic E-state index is 13.9. The highest BCUT2D eigenvalue weighted by molar-refractivity contribution is 5.23. The van der Waals surface area contributed by atoms with Crippen molar-refractivity contribution < 1.29 is 13.5 Å². The predicted octanol–water partition coefficient (Wildman–Crippen LogP) is 2.32. The first kappa shape index (κ1) is 15.4. The molecule has 2 rings (SSSR count). The van der Waals surface area contributed by atoms with E-state index in [2.05, 4.69) is 11.8 Å². The van der Waals surface area contributed by atoms with Gasteiger partial charge in [-0.2, -0.15) is 0 Å². The highest BCUT2D eigenvalue weighted by atomic mass is 19.1. The Labute approximate surface area is 118 Å². The molecule has 1 aromatic carbocycles. The average molecular weight is 284 g/mol. The zero-order valence-electron chi connectivity index (χ0n) is 12.0. The minimum Gasteiger partial charge on any atom is -0.380 e. The standard InChI is InChI=1S/C15H22F2N2O/c1-10-5-6-19(9-15(10)20-2)14(8-18)12-7-11(16)3-4-13(12)17/h3-4,7,10,14-15H,5-6,8-9,18H2,1-2H3. The van der Waals surface area contributed by atoms with Crippen molar-refractivity contribution in [2.24, 2.45) is 11.7 Å². The molecule has 0 aromatic heterocycles. The van der Waals surface area contributed by atoms with Gasteiger partial charge in [-0.3, -0.25) is 4.90 Å². The summed E-state index contributed by atoms with van der Waals surface area (Å²) in [6, 6.07) is 3.22. The Morgan fingerprint density at radius 1 is 1.45 bits per heavy atom. The van der Waals surface area contributed by atoms with Crippen molar-refractivity contribution in [1.82, 2.24) is 4.90 Å². The van der Waals surface area contributed by atoms with E-state index in [1.807, 2.05) is 0 Å². The topological polar surface area (TPSA) is 38.5 Å². The van der Waals surface area contributed by atoms with Crippen LogP contribution in [0.2, 0.25) is 0 Å². The SMILES string of the molecule is COC1CN(C(CN)c2cc(F)ccc2F)CCC1C. The van der Waals surface area contributed by atoms with Gasteiger partial charge >= 0.3 is 0 Å². The summed E-state index contributed by atoms with van der Waals surface area (Å²) in [5.41, 5.74) is 6.14. The summed E-state index contributed by atoms with van der Waals surface area (Å²) in [6.45, 7) is 3.91. The minimum atomic E-state index is -0.437. The van der Waals surface area contributed by atoms with Gasteiger partial charge in [0.2, 0.25) is 0 Å². The highest BCUT2D eigenvalue weighted by Gasteiger charge is 2.31. The van der Waals surface area contributed by atoms with Crippen LogP contribution in [0.5, 0.6) is 0 Å². The van der Waals surface area contributed by atoms with Gasteiger partial charge in [0.1, 0.15) is 11.6 Å². The lowest BCUT2D eigenvalue weighted by Gasteiger charge is -2.40. The van der Waals surface area contributed by atoms with Gasteiger partial charge in [-0.25, -0.2) is 8.78 Å². The summed E-state index contributed by atoms with van der Waals surface area (Å²) in [5, 5.41) is 0. The molecule has 1 aliphatic heterocycles. The van der Waals surface area contributed by atoms with Gasteiger partial charge in [-0.05, 0) is 37.1 Å². The molecule has 3 unspecified atom stereocenters. The Balaban J connectivity index is 2.21. The number of hydrogen-bond acceptors (Lipinski definition) is 3. The third kappa shape index (κ3) is 3.16. The maximum absolute atomic E-state index is 13.9. The second kappa shape index (κ2) is 6.61. The van der Waals surface area contributed by atoms with Crippen LogP contribution in [0.15, 0.2) is 18.2 Å². The molecule has 2 N–H and O–H groups in total. The average Bonchev–Trinajstić information content (AvgIpc) is 2.45. The van der Waals surface area contributed by atoms with Crippen LogP contribution in [0.4, 0.5) is 8.78 Å². The molecule has 1 aromatic rings. The predicted molar refractivity (Wildman–Crippen MR) is 74.3 cm³/mol. The van der Waals surface area contributed by atoms with Crippen molar-refractivity contribution in [3.8, 4) is 0 Å². The van der Waals surface area contributed by atoms with Crippen LogP contribution in [-0.2, 0) is 4.74 Å². The number of rotatable bonds is 4. The number of nitrogens with zero attached hydrogens (tertiary/aromatic N) is 1. The Morgan fingerprint density at radius 3 is 2.85 bits per heavy atom. The first-order valence-corrected chi connectivity index (χ1v) is 6.98. The van der Waals surface area contributed by atoms with E-state index in [1.54, 1.807) is 7.11 Å². The van der Waals surface area contributed by atoms with Gasteiger partial charge < -0.3 is 10.5 Å². The minimum absolute atomic E-state index is 0.106. The molecule has 1 aliphatic rings. The quantitative estimate of drug-likeness (QED) is 0.922. The Bertz CT molecular complexity index is 455. The van der Waals surface area contributed by atoms with Crippen LogP contribution in [0.3, 0.4) is 0 Å². The zero-order chi connectivity index (χ0) is 14.7. The summed E-state index contributed by atoms with van der Waals surface area (Å²) in [4.78, 5) is 2.09. The molecule has 0 spiro atoms. The fourth-order valence-electron chi connectivity index (χ4n) is 2.89. The van der Waals surface area contributed by atoms with Gasteiger partial charge in [-0.1, -0.05) is 6.92 Å². The van der Waals surface area contributed by atoms with Crippen molar-refractivity contribution >= 4 is 0 Å². The fourth-order valence-corrected chi connectivity index (χ4v) is 2.89. The summed E-state index contributed by atoms with van der Waals surface area (Å²) >= 11 is 0. The molecule has 0 bridgehead atoms. The van der Waals surface area contributed by atoms with Gasteiger partial charge in [0.25, 0.3) is 0 Å². The van der Waals surface area contributed by atoms with Crippen molar-refractivity contribution in [1.29, 1.82) is 0 Å². The van der Waals surface area contributed by atoms with E-state index in [9.17, 15) is 8.78 Å². The van der Waals surface area contributed by atoms with Gasteiger partial charge in [0.05, 0.1) is 12.1 Å². The smallest absolute Gasteiger partial charge is 0.128 e. The maximum Gasteiger partial charge on any atom is 0.128 e. The Kier molecular flexibility index (Phi) is 5.07. The number of nitrogens with two attached hydrogens (primary N) is 1. The van der Waals surface area contributed by atoms with Crippen molar-refractivity contribution in [2.45, 2.75) is 25.5 Å². The molecule has 3 atom stereocenters. The summed E-state index contributed by atoms with van der Waals surface area (Å²) < 4.78 is 32.8. The lowest BCUT2D eigenvalue weighted by atomic mass is 9.93. The second-order valence-corrected chi connectivity index (χ2v) is 5.45.